The number of anilines is 1. The summed E-state index contributed by atoms with van der Waals surface area (Å²) in [6, 6.07) is 23.2. The molecule has 0 atom stereocenters. The Morgan fingerprint density at radius 1 is 0.674 bits per heavy atom. The van der Waals surface area contributed by atoms with Gasteiger partial charge in [-0.15, -0.1) is 5.10 Å². The van der Waals surface area contributed by atoms with E-state index < -0.39 is 17.5 Å². The zero-order valence-electron chi connectivity index (χ0n) is 24.5. The predicted octanol–water partition coefficient (Wildman–Crippen LogP) is 6.53. The second-order valence-corrected chi connectivity index (χ2v) is 10.9. The first-order valence-electron chi connectivity index (χ1n) is 13.9. The maximum Gasteiger partial charge on any atom is 0.275 e. The van der Waals surface area contributed by atoms with Crippen molar-refractivity contribution in [2.24, 2.45) is 0 Å². The molecule has 8 heteroatoms. The van der Waals surface area contributed by atoms with E-state index in [1.165, 1.54) is 4.52 Å². The molecule has 43 heavy (non-hydrogen) atoms. The van der Waals surface area contributed by atoms with Crippen LogP contribution in [0.5, 0.6) is 0 Å². The van der Waals surface area contributed by atoms with Crippen molar-refractivity contribution in [3.8, 4) is 0 Å². The van der Waals surface area contributed by atoms with E-state index in [2.05, 4.69) is 15.4 Å². The molecular weight excluding hydrogens is 538 g/mol. The van der Waals surface area contributed by atoms with Gasteiger partial charge in [-0.1, -0.05) is 77.4 Å². The number of hydrogen-bond acceptors (Lipinski definition) is 6. The number of carbonyl (C=O) groups is 3. The number of carbonyl (C=O) groups excluding carboxylic acids is 3. The lowest BCUT2D eigenvalue weighted by Crippen LogP contribution is -2.26. The third-order valence-electron chi connectivity index (χ3n) is 7.44. The second-order valence-electron chi connectivity index (χ2n) is 10.9. The molecule has 0 unspecified atom stereocenters. The van der Waals surface area contributed by atoms with E-state index in [9.17, 15) is 14.4 Å². The molecule has 0 aliphatic carbocycles. The smallest absolute Gasteiger partial charge is 0.275 e. The fraction of sp³-hybridized carbons (Fsp3) is 0.143. The first-order valence-corrected chi connectivity index (χ1v) is 13.9. The molecule has 8 nitrogen and oxygen atoms in total. The molecule has 0 aliphatic rings. The van der Waals surface area contributed by atoms with Crippen molar-refractivity contribution in [3.05, 3.63) is 135 Å². The molecule has 0 saturated heterocycles. The third kappa shape index (κ3) is 5.08. The van der Waals surface area contributed by atoms with Crippen LogP contribution in [0.4, 0.5) is 5.69 Å². The van der Waals surface area contributed by atoms with Crippen LogP contribution < -0.4 is 5.32 Å². The largest absolute Gasteiger partial charge is 0.321 e. The molecule has 212 valence electrons. The van der Waals surface area contributed by atoms with E-state index in [-0.39, 0.29) is 22.6 Å². The zero-order chi connectivity index (χ0) is 30.4. The molecule has 0 bridgehead atoms. The Morgan fingerprint density at radius 3 is 1.79 bits per heavy atom. The van der Waals surface area contributed by atoms with Gasteiger partial charge >= 0.3 is 0 Å². The lowest BCUT2D eigenvalue weighted by molar-refractivity contribution is 0.0980. The first kappa shape index (κ1) is 27.7. The molecular formula is C35H29N5O3. The highest BCUT2D eigenvalue weighted by Crippen LogP contribution is 2.29. The van der Waals surface area contributed by atoms with E-state index in [0.717, 1.165) is 27.9 Å². The predicted molar refractivity (Wildman–Crippen MR) is 166 cm³/mol. The molecule has 0 fully saturated rings. The number of ketones is 2. The summed E-state index contributed by atoms with van der Waals surface area (Å²) in [6.45, 7) is 9.55. The molecule has 6 rings (SSSR count). The molecule has 3 aromatic carbocycles. The molecule has 3 heterocycles. The van der Waals surface area contributed by atoms with Crippen molar-refractivity contribution in [1.82, 2.24) is 19.6 Å². The van der Waals surface area contributed by atoms with Gasteiger partial charge in [0.25, 0.3) is 5.91 Å². The summed E-state index contributed by atoms with van der Waals surface area (Å²) in [6.07, 6.45) is 0. The van der Waals surface area contributed by atoms with Gasteiger partial charge in [0.15, 0.2) is 17.1 Å². The quantitative estimate of drug-likeness (QED) is 0.229. The fourth-order valence-electron chi connectivity index (χ4n) is 5.16. The van der Waals surface area contributed by atoms with E-state index in [1.54, 1.807) is 36.4 Å². The van der Waals surface area contributed by atoms with Crippen LogP contribution in [-0.4, -0.2) is 37.1 Å². The number of aryl methyl sites for hydroxylation is 5. The Bertz CT molecular complexity index is 2070. The SMILES string of the molecule is Cc1ccc(NC(=O)c2c(C(=O)c3ccc(C)cc3)c(C(=O)c3ccc(C)cc3)nc3c4c(C)cc(C)nc4nn23)cc1. The zero-order valence-corrected chi connectivity index (χ0v) is 24.5. The molecule has 0 aliphatic heterocycles. The summed E-state index contributed by atoms with van der Waals surface area (Å²) in [5.74, 6) is -1.60. The Labute approximate surface area is 248 Å². The van der Waals surface area contributed by atoms with Crippen molar-refractivity contribution in [2.45, 2.75) is 34.6 Å². The highest BCUT2D eigenvalue weighted by Gasteiger charge is 2.32. The summed E-state index contributed by atoms with van der Waals surface area (Å²) in [7, 11) is 0. The number of rotatable bonds is 6. The van der Waals surface area contributed by atoms with Gasteiger partial charge in [-0.05, 0) is 58.4 Å². The van der Waals surface area contributed by atoms with Gasteiger partial charge in [0, 0.05) is 22.5 Å². The molecule has 1 amide bonds. The highest BCUT2D eigenvalue weighted by molar-refractivity contribution is 6.24. The second kappa shape index (κ2) is 10.7. The highest BCUT2D eigenvalue weighted by atomic mass is 16.2. The van der Waals surface area contributed by atoms with Crippen LogP contribution in [0.15, 0.2) is 78.9 Å². The van der Waals surface area contributed by atoms with Crippen LogP contribution in [0.2, 0.25) is 0 Å². The van der Waals surface area contributed by atoms with Gasteiger partial charge in [0.05, 0.1) is 10.9 Å². The van der Waals surface area contributed by atoms with E-state index >= 15 is 0 Å². The maximum atomic E-state index is 14.3. The number of aromatic nitrogens is 4. The number of benzene rings is 3. The number of nitrogens with one attached hydrogen (secondary N) is 1. The number of fused-ring (bicyclic) bond motifs is 3. The summed E-state index contributed by atoms with van der Waals surface area (Å²) in [5.41, 5.74) is 6.02. The Morgan fingerprint density at radius 2 is 1.21 bits per heavy atom. The minimum Gasteiger partial charge on any atom is -0.321 e. The summed E-state index contributed by atoms with van der Waals surface area (Å²) < 4.78 is 1.35. The molecule has 1 N–H and O–H groups in total. The van der Waals surface area contributed by atoms with E-state index in [1.807, 2.05) is 77.1 Å². The Hall–Kier alpha value is -5.50. The number of hydrogen-bond donors (Lipinski definition) is 1. The lowest BCUT2D eigenvalue weighted by atomic mass is 9.94. The average molecular weight is 568 g/mol. The minimum absolute atomic E-state index is 0.0957. The van der Waals surface area contributed by atoms with Crippen LogP contribution >= 0.6 is 0 Å². The normalized spacial score (nSPS) is 11.2. The van der Waals surface area contributed by atoms with Crippen LogP contribution in [-0.2, 0) is 0 Å². The van der Waals surface area contributed by atoms with Crippen molar-refractivity contribution in [1.29, 1.82) is 0 Å². The molecule has 0 spiro atoms. The van der Waals surface area contributed by atoms with Crippen molar-refractivity contribution in [3.63, 3.8) is 0 Å². The van der Waals surface area contributed by atoms with Gasteiger partial charge in [-0.25, -0.2) is 14.5 Å². The standard InChI is InChI=1S/C35H29N5O3/c1-19-6-12-24(13-7-19)31(41)28-29(32(42)25-14-8-20(2)9-15-25)38-34-27-22(4)18-23(5)36-33(27)39-40(34)30(28)35(43)37-26-16-10-21(3)11-17-26/h6-18H,1-5H3,(H,37,43). The fourth-order valence-corrected chi connectivity index (χ4v) is 5.16. The van der Waals surface area contributed by atoms with Crippen molar-refractivity contribution in [2.75, 3.05) is 5.32 Å². The third-order valence-corrected chi connectivity index (χ3v) is 7.44. The summed E-state index contributed by atoms with van der Waals surface area (Å²) >= 11 is 0. The van der Waals surface area contributed by atoms with Gasteiger partial charge in [0.1, 0.15) is 11.4 Å². The molecule has 0 radical (unpaired) electrons. The first-order chi connectivity index (χ1) is 20.6. The number of amides is 1. The van der Waals surface area contributed by atoms with Crippen molar-refractivity contribution < 1.29 is 14.4 Å². The number of pyridine rings is 1. The monoisotopic (exact) mass is 567 g/mol. The Balaban J connectivity index is 1.70. The van der Waals surface area contributed by atoms with Gasteiger partial charge in [-0.3, -0.25) is 14.4 Å². The Kier molecular flexibility index (Phi) is 6.90. The number of nitrogens with zero attached hydrogens (tertiary/aromatic N) is 4. The van der Waals surface area contributed by atoms with Gasteiger partial charge in [-0.2, -0.15) is 0 Å². The van der Waals surface area contributed by atoms with Crippen LogP contribution in [0.25, 0.3) is 16.7 Å². The van der Waals surface area contributed by atoms with Gasteiger partial charge < -0.3 is 5.32 Å². The van der Waals surface area contributed by atoms with Crippen LogP contribution in [0.3, 0.4) is 0 Å². The average Bonchev–Trinajstić information content (AvgIpc) is 3.35. The molecule has 6 aromatic rings. The van der Waals surface area contributed by atoms with Gasteiger partial charge in [0.2, 0.25) is 5.78 Å². The topological polar surface area (TPSA) is 106 Å². The van der Waals surface area contributed by atoms with Crippen LogP contribution in [0, 0.1) is 34.6 Å². The van der Waals surface area contributed by atoms with Crippen LogP contribution in [0.1, 0.15) is 70.4 Å². The summed E-state index contributed by atoms with van der Waals surface area (Å²) in [5, 5.41) is 8.17. The maximum absolute atomic E-state index is 14.3. The molecule has 0 saturated carbocycles. The van der Waals surface area contributed by atoms with Crippen molar-refractivity contribution >= 4 is 39.8 Å². The van der Waals surface area contributed by atoms with E-state index in [0.29, 0.717) is 27.8 Å². The summed E-state index contributed by atoms with van der Waals surface area (Å²) in [4.78, 5) is 52.1. The minimum atomic E-state index is -0.605. The lowest BCUT2D eigenvalue weighted by Gasteiger charge is -2.15. The molecule has 3 aromatic heterocycles. The van der Waals surface area contributed by atoms with E-state index in [4.69, 9.17) is 4.98 Å².